The second-order valence-corrected chi connectivity index (χ2v) is 7.19. The highest BCUT2D eigenvalue weighted by Gasteiger charge is 2.21. The molecule has 0 atom stereocenters. The summed E-state index contributed by atoms with van der Waals surface area (Å²) < 4.78 is 10.7. The molecule has 4 rings (SSSR count). The van der Waals surface area contributed by atoms with Gasteiger partial charge in [-0.2, -0.15) is 0 Å². The Morgan fingerprint density at radius 2 is 1.90 bits per heavy atom. The Labute approximate surface area is 170 Å². The predicted octanol–water partition coefficient (Wildman–Crippen LogP) is 4.48. The molecule has 0 saturated carbocycles. The lowest BCUT2D eigenvalue weighted by Crippen LogP contribution is -2.29. The van der Waals surface area contributed by atoms with Gasteiger partial charge in [-0.05, 0) is 54.3 Å². The molecular formula is C23H25N3O3. The smallest absolute Gasteiger partial charge is 0.276 e. The molecule has 2 aliphatic rings. The van der Waals surface area contributed by atoms with E-state index in [1.54, 1.807) is 6.08 Å². The summed E-state index contributed by atoms with van der Waals surface area (Å²) in [5, 5.41) is 5.93. The third-order valence-electron chi connectivity index (χ3n) is 4.93. The van der Waals surface area contributed by atoms with E-state index in [0.717, 1.165) is 17.7 Å². The normalized spacial score (nSPS) is 16.1. The van der Waals surface area contributed by atoms with Gasteiger partial charge in [-0.15, -0.1) is 0 Å². The molecule has 2 aromatic carbocycles. The molecule has 2 aromatic rings. The number of ether oxygens (including phenoxy) is 2. The molecule has 0 spiro atoms. The summed E-state index contributed by atoms with van der Waals surface area (Å²) in [5.74, 6) is 1.58. The summed E-state index contributed by atoms with van der Waals surface area (Å²) in [6.07, 6.45) is 7.87. The van der Waals surface area contributed by atoms with Gasteiger partial charge in [0.2, 0.25) is 12.8 Å². The number of nitrogens with zero attached hydrogens (tertiary/aromatic N) is 1. The first-order valence-electron chi connectivity index (χ1n) is 10.1. The van der Waals surface area contributed by atoms with Gasteiger partial charge in [0.25, 0.3) is 5.91 Å². The first-order chi connectivity index (χ1) is 14.2. The zero-order valence-corrected chi connectivity index (χ0v) is 16.5. The van der Waals surface area contributed by atoms with Crippen molar-refractivity contribution in [2.24, 2.45) is 4.99 Å². The molecule has 1 amide bonds. The molecule has 2 heterocycles. The SMILES string of the molecule is CCCCCCc1ccc(NC2=N/C(=C\c3ccc4c(c3)OCO4)C(=O)N2)cc1. The number of anilines is 1. The van der Waals surface area contributed by atoms with E-state index in [1.807, 2.05) is 30.3 Å². The van der Waals surface area contributed by atoms with Crippen molar-refractivity contribution in [2.45, 2.75) is 39.0 Å². The van der Waals surface area contributed by atoms with Crippen molar-refractivity contribution < 1.29 is 14.3 Å². The molecule has 0 radical (unpaired) electrons. The summed E-state index contributed by atoms with van der Waals surface area (Å²) in [6.45, 7) is 2.44. The molecule has 150 valence electrons. The summed E-state index contributed by atoms with van der Waals surface area (Å²) in [4.78, 5) is 16.6. The number of hydrogen-bond acceptors (Lipinski definition) is 5. The quantitative estimate of drug-likeness (QED) is 0.539. The number of aliphatic imine (C=N–C) groups is 1. The van der Waals surface area contributed by atoms with Gasteiger partial charge in [0.1, 0.15) is 5.70 Å². The predicted molar refractivity (Wildman–Crippen MR) is 114 cm³/mol. The lowest BCUT2D eigenvalue weighted by molar-refractivity contribution is -0.115. The number of unbranched alkanes of at least 4 members (excludes halogenated alkanes) is 3. The van der Waals surface area contributed by atoms with Gasteiger partial charge in [-0.3, -0.25) is 10.1 Å². The van der Waals surface area contributed by atoms with E-state index < -0.39 is 0 Å². The fourth-order valence-electron chi connectivity index (χ4n) is 3.34. The number of hydrogen-bond donors (Lipinski definition) is 2. The van der Waals surface area contributed by atoms with Crippen LogP contribution in [0.3, 0.4) is 0 Å². The van der Waals surface area contributed by atoms with Crippen LogP contribution in [0.1, 0.15) is 43.7 Å². The van der Waals surface area contributed by atoms with E-state index in [9.17, 15) is 4.79 Å². The standard InChI is InChI=1S/C23H25N3O3/c1-2-3-4-5-6-16-7-10-18(11-8-16)24-23-25-19(22(27)26-23)13-17-9-12-20-21(14-17)29-15-28-20/h7-14H,2-6,15H2,1H3,(H2,24,25,26,27)/b19-13-. The first kappa shape index (κ1) is 19.1. The maximum Gasteiger partial charge on any atom is 0.276 e. The van der Waals surface area contributed by atoms with Gasteiger partial charge in [-0.1, -0.05) is 44.4 Å². The Balaban J connectivity index is 1.39. The van der Waals surface area contributed by atoms with E-state index in [1.165, 1.54) is 31.2 Å². The molecular weight excluding hydrogens is 366 g/mol. The van der Waals surface area contributed by atoms with Crippen molar-refractivity contribution in [1.82, 2.24) is 5.32 Å². The molecule has 2 aliphatic heterocycles. The van der Waals surface area contributed by atoms with Crippen LogP contribution in [-0.2, 0) is 11.2 Å². The number of fused-ring (bicyclic) bond motifs is 1. The third kappa shape index (κ3) is 4.77. The summed E-state index contributed by atoms with van der Waals surface area (Å²) in [6, 6.07) is 13.8. The molecule has 6 nitrogen and oxygen atoms in total. The number of nitrogens with one attached hydrogen (secondary N) is 2. The molecule has 0 bridgehead atoms. The molecule has 0 aromatic heterocycles. The van der Waals surface area contributed by atoms with Crippen LogP contribution in [0.4, 0.5) is 5.69 Å². The average Bonchev–Trinajstić information content (AvgIpc) is 3.32. The number of guanidine groups is 1. The summed E-state index contributed by atoms with van der Waals surface area (Å²) in [5.41, 5.74) is 3.40. The Kier molecular flexibility index (Phi) is 5.79. The minimum absolute atomic E-state index is 0.222. The van der Waals surface area contributed by atoms with Crippen molar-refractivity contribution in [3.05, 3.63) is 59.3 Å². The maximum absolute atomic E-state index is 12.2. The van der Waals surface area contributed by atoms with E-state index in [4.69, 9.17) is 9.47 Å². The Morgan fingerprint density at radius 3 is 2.72 bits per heavy atom. The van der Waals surface area contributed by atoms with E-state index in [0.29, 0.717) is 23.2 Å². The Bertz CT molecular complexity index is 948. The maximum atomic E-state index is 12.2. The fraction of sp³-hybridized carbons (Fsp3) is 0.304. The highest BCUT2D eigenvalue weighted by Crippen LogP contribution is 2.33. The van der Waals surface area contributed by atoms with Crippen molar-refractivity contribution >= 4 is 23.6 Å². The zero-order chi connectivity index (χ0) is 20.1. The van der Waals surface area contributed by atoms with Gasteiger partial charge < -0.3 is 14.8 Å². The number of carbonyl (C=O) groups excluding carboxylic acids is 1. The molecule has 0 unspecified atom stereocenters. The molecule has 29 heavy (non-hydrogen) atoms. The van der Waals surface area contributed by atoms with Crippen molar-refractivity contribution in [1.29, 1.82) is 0 Å². The number of benzene rings is 2. The van der Waals surface area contributed by atoms with Gasteiger partial charge >= 0.3 is 0 Å². The zero-order valence-electron chi connectivity index (χ0n) is 16.5. The van der Waals surface area contributed by atoms with E-state index in [-0.39, 0.29) is 12.7 Å². The minimum atomic E-state index is -0.238. The van der Waals surface area contributed by atoms with Crippen LogP contribution in [0, 0.1) is 0 Å². The van der Waals surface area contributed by atoms with Crippen molar-refractivity contribution in [2.75, 3.05) is 12.1 Å². The molecule has 2 N–H and O–H groups in total. The summed E-state index contributed by atoms with van der Waals surface area (Å²) in [7, 11) is 0. The first-order valence-corrected chi connectivity index (χ1v) is 10.1. The third-order valence-corrected chi connectivity index (χ3v) is 4.93. The molecule has 0 saturated heterocycles. The van der Waals surface area contributed by atoms with Crippen molar-refractivity contribution in [3.8, 4) is 11.5 Å². The van der Waals surface area contributed by atoms with Gasteiger partial charge in [-0.25, -0.2) is 4.99 Å². The summed E-state index contributed by atoms with van der Waals surface area (Å²) >= 11 is 0. The Morgan fingerprint density at radius 1 is 1.07 bits per heavy atom. The average molecular weight is 391 g/mol. The highest BCUT2D eigenvalue weighted by atomic mass is 16.7. The monoisotopic (exact) mass is 391 g/mol. The molecule has 0 fully saturated rings. The largest absolute Gasteiger partial charge is 0.454 e. The van der Waals surface area contributed by atoms with Crippen LogP contribution in [-0.4, -0.2) is 18.7 Å². The lowest BCUT2D eigenvalue weighted by Gasteiger charge is -2.07. The lowest BCUT2D eigenvalue weighted by atomic mass is 10.1. The number of rotatable bonds is 7. The second kappa shape index (κ2) is 8.82. The fourth-order valence-corrected chi connectivity index (χ4v) is 3.34. The van der Waals surface area contributed by atoms with Gasteiger partial charge in [0.05, 0.1) is 0 Å². The highest BCUT2D eigenvalue weighted by molar-refractivity contribution is 6.17. The van der Waals surface area contributed by atoms with Crippen LogP contribution in [0.25, 0.3) is 6.08 Å². The number of aryl methyl sites for hydroxylation is 1. The number of amides is 1. The van der Waals surface area contributed by atoms with Crippen LogP contribution >= 0.6 is 0 Å². The van der Waals surface area contributed by atoms with E-state index >= 15 is 0 Å². The number of carbonyl (C=O) groups is 1. The molecule has 0 aliphatic carbocycles. The topological polar surface area (TPSA) is 72.0 Å². The van der Waals surface area contributed by atoms with Crippen LogP contribution in [0.15, 0.2) is 53.2 Å². The van der Waals surface area contributed by atoms with Crippen LogP contribution < -0.4 is 20.1 Å². The van der Waals surface area contributed by atoms with Crippen LogP contribution in [0.5, 0.6) is 11.5 Å². The van der Waals surface area contributed by atoms with E-state index in [2.05, 4.69) is 34.7 Å². The Hall–Kier alpha value is -3.28. The minimum Gasteiger partial charge on any atom is -0.454 e. The second-order valence-electron chi connectivity index (χ2n) is 7.19. The van der Waals surface area contributed by atoms with Gasteiger partial charge in [0, 0.05) is 5.69 Å². The van der Waals surface area contributed by atoms with Crippen LogP contribution in [0.2, 0.25) is 0 Å². The van der Waals surface area contributed by atoms with Gasteiger partial charge in [0.15, 0.2) is 11.5 Å². The van der Waals surface area contributed by atoms with Crippen molar-refractivity contribution in [3.63, 3.8) is 0 Å². The molecule has 6 heteroatoms.